The van der Waals surface area contributed by atoms with Crippen LogP contribution >= 0.6 is 11.6 Å². The van der Waals surface area contributed by atoms with Gasteiger partial charge in [-0.25, -0.2) is 4.39 Å². The Balaban J connectivity index is 1.50. The first kappa shape index (κ1) is 17.1. The minimum absolute atomic E-state index is 0.129. The molecule has 2 aromatic carbocycles. The van der Waals surface area contributed by atoms with E-state index in [-0.39, 0.29) is 11.6 Å². The number of anilines is 2. The van der Waals surface area contributed by atoms with E-state index in [9.17, 15) is 4.39 Å². The van der Waals surface area contributed by atoms with E-state index in [1.54, 1.807) is 30.3 Å². The van der Waals surface area contributed by atoms with Gasteiger partial charge in [-0.3, -0.25) is 0 Å². The van der Waals surface area contributed by atoms with Crippen molar-refractivity contribution in [3.05, 3.63) is 47.2 Å². The lowest BCUT2D eigenvalue weighted by Gasteiger charge is -2.20. The molecule has 0 bridgehead atoms. The topological polar surface area (TPSA) is 50.5 Å². The smallest absolute Gasteiger partial charge is 0.300 e. The molecule has 3 aromatic rings. The average Bonchev–Trinajstić information content (AvgIpc) is 3.22. The van der Waals surface area contributed by atoms with Crippen molar-refractivity contribution in [2.45, 2.75) is 18.9 Å². The van der Waals surface area contributed by atoms with Crippen molar-refractivity contribution in [2.24, 2.45) is 0 Å². The number of likely N-dealkylation sites (tertiary alicyclic amines) is 1. The van der Waals surface area contributed by atoms with Gasteiger partial charge in [-0.05, 0) is 50.7 Å². The summed E-state index contributed by atoms with van der Waals surface area (Å²) in [6, 6.07) is 10.6. The third-order valence-electron chi connectivity index (χ3n) is 4.65. The van der Waals surface area contributed by atoms with Gasteiger partial charge in [0.05, 0.1) is 5.02 Å². The van der Waals surface area contributed by atoms with Crippen LogP contribution in [-0.4, -0.2) is 36.1 Å². The van der Waals surface area contributed by atoms with E-state index in [2.05, 4.69) is 22.2 Å². The minimum atomic E-state index is -0.441. The molecular formula is C19H19ClFN3O2. The second-order valence-corrected chi connectivity index (χ2v) is 6.87. The van der Waals surface area contributed by atoms with Crippen LogP contribution in [0.3, 0.4) is 0 Å². The van der Waals surface area contributed by atoms with Crippen molar-refractivity contribution >= 4 is 34.4 Å². The van der Waals surface area contributed by atoms with E-state index in [4.69, 9.17) is 20.8 Å². The van der Waals surface area contributed by atoms with Crippen molar-refractivity contribution in [2.75, 3.05) is 25.5 Å². The molecule has 1 saturated heterocycles. The van der Waals surface area contributed by atoms with Gasteiger partial charge in [0.25, 0.3) is 6.01 Å². The molecule has 1 aromatic heterocycles. The Morgan fingerprint density at radius 3 is 3.04 bits per heavy atom. The number of likely N-dealkylation sites (N-methyl/N-ethyl adjacent to an activating group) is 1. The van der Waals surface area contributed by atoms with E-state index in [1.165, 1.54) is 12.5 Å². The molecule has 0 aliphatic carbocycles. The van der Waals surface area contributed by atoms with Crippen molar-refractivity contribution < 1.29 is 13.5 Å². The Kier molecular flexibility index (Phi) is 4.70. The van der Waals surface area contributed by atoms with Gasteiger partial charge in [0.2, 0.25) is 0 Å². The predicted molar refractivity (Wildman–Crippen MR) is 99.8 cm³/mol. The van der Waals surface area contributed by atoms with E-state index < -0.39 is 5.82 Å². The lowest BCUT2D eigenvalue weighted by atomic mass is 10.2. The highest BCUT2D eigenvalue weighted by Crippen LogP contribution is 2.31. The summed E-state index contributed by atoms with van der Waals surface area (Å²) in [5.41, 5.74) is 1.29. The zero-order chi connectivity index (χ0) is 18.1. The molecule has 1 aliphatic rings. The van der Waals surface area contributed by atoms with Crippen LogP contribution in [0, 0.1) is 5.82 Å². The summed E-state index contributed by atoms with van der Waals surface area (Å²) in [6.07, 6.45) is 2.31. The Labute approximate surface area is 155 Å². The maximum Gasteiger partial charge on any atom is 0.300 e. The number of hydrogen-bond acceptors (Lipinski definition) is 5. The van der Waals surface area contributed by atoms with Gasteiger partial charge < -0.3 is 19.4 Å². The summed E-state index contributed by atoms with van der Waals surface area (Å²) in [6.45, 7) is 1.69. The molecule has 0 spiro atoms. The molecule has 1 N–H and O–H groups in total. The van der Waals surface area contributed by atoms with E-state index >= 15 is 0 Å². The maximum atomic E-state index is 13.7. The lowest BCUT2D eigenvalue weighted by molar-refractivity contribution is 0.198. The molecule has 0 radical (unpaired) electrons. The molecule has 26 heavy (non-hydrogen) atoms. The lowest BCUT2D eigenvalue weighted by Crippen LogP contribution is -2.30. The van der Waals surface area contributed by atoms with Gasteiger partial charge in [-0.15, -0.1) is 0 Å². The number of nitrogens with zero attached hydrogens (tertiary/aromatic N) is 2. The van der Waals surface area contributed by atoms with Crippen LogP contribution < -0.4 is 10.1 Å². The Bertz CT molecular complexity index is 930. The van der Waals surface area contributed by atoms with Crippen molar-refractivity contribution in [1.29, 1.82) is 0 Å². The fraction of sp³-hybridized carbons (Fsp3) is 0.316. The highest BCUT2D eigenvalue weighted by atomic mass is 35.5. The number of para-hydroxylation sites is 1. The number of nitrogens with one attached hydrogen (secondary N) is 1. The number of benzene rings is 2. The van der Waals surface area contributed by atoms with Crippen molar-refractivity contribution in [3.63, 3.8) is 0 Å². The third kappa shape index (κ3) is 3.48. The number of ether oxygens (including phenoxy) is 1. The third-order valence-corrected chi connectivity index (χ3v) is 4.96. The van der Waals surface area contributed by atoms with Crippen LogP contribution in [-0.2, 0) is 0 Å². The normalized spacial score (nSPS) is 17.7. The summed E-state index contributed by atoms with van der Waals surface area (Å²) < 4.78 is 25.1. The Morgan fingerprint density at radius 2 is 2.27 bits per heavy atom. The number of oxazole rings is 1. The fourth-order valence-electron chi connectivity index (χ4n) is 3.16. The molecule has 1 atom stereocenters. The van der Waals surface area contributed by atoms with Gasteiger partial charge in [-0.1, -0.05) is 17.7 Å². The minimum Gasteiger partial charge on any atom is -0.490 e. The molecule has 0 unspecified atom stereocenters. The first-order valence-corrected chi connectivity index (χ1v) is 8.92. The number of fused-ring (bicyclic) bond motifs is 1. The standard InChI is InChI=1S/C19H19ClFN3O2/c1-24-9-3-4-13(24)11-25-17-10-12(7-8-14(17)20)22-19-23-16-6-2-5-15(21)18(16)26-19/h2,5-8,10,13H,3-4,9,11H2,1H3,(H,22,23)/t13-/m0/s1. The molecule has 0 saturated carbocycles. The van der Waals surface area contributed by atoms with Crippen molar-refractivity contribution in [1.82, 2.24) is 9.88 Å². The summed E-state index contributed by atoms with van der Waals surface area (Å²) in [4.78, 5) is 6.54. The van der Waals surface area contributed by atoms with Crippen LogP contribution in [0.5, 0.6) is 5.75 Å². The second-order valence-electron chi connectivity index (χ2n) is 6.46. The number of rotatable bonds is 5. The van der Waals surface area contributed by atoms with Crippen LogP contribution in [0.25, 0.3) is 11.1 Å². The summed E-state index contributed by atoms with van der Waals surface area (Å²) >= 11 is 6.25. The monoisotopic (exact) mass is 375 g/mol. The maximum absolute atomic E-state index is 13.7. The quantitative estimate of drug-likeness (QED) is 0.691. The molecule has 0 amide bonds. The number of aromatic nitrogens is 1. The SMILES string of the molecule is CN1CCC[C@H]1COc1cc(Nc2nc3cccc(F)c3o2)ccc1Cl. The second kappa shape index (κ2) is 7.13. The molecular weight excluding hydrogens is 357 g/mol. The van der Waals surface area contributed by atoms with Gasteiger partial charge in [0, 0.05) is 17.8 Å². The molecule has 1 fully saturated rings. The fourth-order valence-corrected chi connectivity index (χ4v) is 3.33. The summed E-state index contributed by atoms with van der Waals surface area (Å²) in [7, 11) is 2.10. The first-order valence-electron chi connectivity index (χ1n) is 8.55. The Morgan fingerprint density at radius 1 is 1.38 bits per heavy atom. The van der Waals surface area contributed by atoms with Crippen LogP contribution in [0.15, 0.2) is 40.8 Å². The van der Waals surface area contributed by atoms with Crippen LogP contribution in [0.2, 0.25) is 5.02 Å². The number of hydrogen-bond donors (Lipinski definition) is 1. The van der Waals surface area contributed by atoms with E-state index in [1.807, 2.05) is 0 Å². The highest BCUT2D eigenvalue weighted by molar-refractivity contribution is 6.32. The van der Waals surface area contributed by atoms with Gasteiger partial charge in [0.1, 0.15) is 17.9 Å². The van der Waals surface area contributed by atoms with E-state index in [0.29, 0.717) is 34.6 Å². The highest BCUT2D eigenvalue weighted by Gasteiger charge is 2.21. The molecule has 136 valence electrons. The van der Waals surface area contributed by atoms with Crippen molar-refractivity contribution in [3.8, 4) is 5.75 Å². The molecule has 7 heteroatoms. The Hall–Kier alpha value is -2.31. The van der Waals surface area contributed by atoms with Gasteiger partial charge in [0.15, 0.2) is 11.4 Å². The first-order chi connectivity index (χ1) is 12.6. The van der Waals surface area contributed by atoms with E-state index in [0.717, 1.165) is 13.0 Å². The molecule has 2 heterocycles. The zero-order valence-corrected chi connectivity index (χ0v) is 15.1. The van der Waals surface area contributed by atoms with Gasteiger partial charge in [-0.2, -0.15) is 4.98 Å². The summed E-state index contributed by atoms with van der Waals surface area (Å²) in [5, 5.41) is 3.57. The zero-order valence-electron chi connectivity index (χ0n) is 14.3. The predicted octanol–water partition coefficient (Wildman–Crippen LogP) is 4.84. The largest absolute Gasteiger partial charge is 0.490 e. The molecule has 5 nitrogen and oxygen atoms in total. The molecule has 1 aliphatic heterocycles. The summed E-state index contributed by atoms with van der Waals surface area (Å²) in [5.74, 6) is 0.156. The van der Waals surface area contributed by atoms with Gasteiger partial charge >= 0.3 is 0 Å². The molecule has 4 rings (SSSR count). The average molecular weight is 376 g/mol. The van der Waals surface area contributed by atoms with Crippen LogP contribution in [0.4, 0.5) is 16.1 Å². The van der Waals surface area contributed by atoms with Crippen LogP contribution in [0.1, 0.15) is 12.8 Å². The number of halogens is 2.